The lowest BCUT2D eigenvalue weighted by Gasteiger charge is -2.03. The van der Waals surface area contributed by atoms with Gasteiger partial charge in [0.25, 0.3) is 0 Å². The van der Waals surface area contributed by atoms with E-state index in [1.807, 2.05) is 12.1 Å². The van der Waals surface area contributed by atoms with Crippen molar-refractivity contribution in [2.75, 3.05) is 7.11 Å². The van der Waals surface area contributed by atoms with Crippen molar-refractivity contribution in [3.63, 3.8) is 0 Å². The molecule has 0 saturated carbocycles. The summed E-state index contributed by atoms with van der Waals surface area (Å²) in [7, 11) is 1.62. The average molecular weight is 194 g/mol. The highest BCUT2D eigenvalue weighted by atomic mass is 35.5. The maximum absolute atomic E-state index is 6.02. The van der Waals surface area contributed by atoms with Gasteiger partial charge in [-0.3, -0.25) is 4.98 Å². The number of nitrogens with zero attached hydrogens (tertiary/aromatic N) is 1. The Kier molecular flexibility index (Phi) is 2.07. The summed E-state index contributed by atoms with van der Waals surface area (Å²) >= 11 is 6.02. The molecular weight excluding hydrogens is 186 g/mol. The summed E-state index contributed by atoms with van der Waals surface area (Å²) in [6.07, 6.45) is 3.48. The molecule has 2 aromatic rings. The van der Waals surface area contributed by atoms with Crippen LogP contribution in [0.4, 0.5) is 0 Å². The van der Waals surface area contributed by atoms with Crippen LogP contribution < -0.4 is 4.74 Å². The normalized spacial score (nSPS) is 10.3. The highest BCUT2D eigenvalue weighted by Crippen LogP contribution is 2.27. The molecule has 3 heteroatoms. The van der Waals surface area contributed by atoms with Crippen molar-refractivity contribution in [1.29, 1.82) is 0 Å². The molecule has 0 N–H and O–H groups in total. The number of hydrogen-bond acceptors (Lipinski definition) is 2. The molecule has 0 unspecified atom stereocenters. The number of ether oxygens (including phenoxy) is 1. The standard InChI is InChI=1S/C10H8ClNO/c1-13-8-4-7-2-3-12-6-9(7)10(11)5-8/h2-6H,1H3. The first-order valence-corrected chi connectivity index (χ1v) is 4.26. The van der Waals surface area contributed by atoms with E-state index in [1.165, 1.54) is 0 Å². The van der Waals surface area contributed by atoms with Gasteiger partial charge >= 0.3 is 0 Å². The third kappa shape index (κ3) is 1.45. The Morgan fingerprint density at radius 1 is 1.38 bits per heavy atom. The van der Waals surface area contributed by atoms with E-state index in [-0.39, 0.29) is 0 Å². The molecule has 0 aliphatic rings. The molecule has 0 amide bonds. The Bertz CT molecular complexity index is 442. The lowest BCUT2D eigenvalue weighted by Crippen LogP contribution is -1.84. The molecule has 0 atom stereocenters. The Morgan fingerprint density at radius 3 is 3.00 bits per heavy atom. The third-order valence-electron chi connectivity index (χ3n) is 1.91. The lowest BCUT2D eigenvalue weighted by atomic mass is 10.2. The summed E-state index contributed by atoms with van der Waals surface area (Å²) in [5.74, 6) is 0.767. The van der Waals surface area contributed by atoms with Gasteiger partial charge in [-0.15, -0.1) is 0 Å². The molecule has 0 fully saturated rings. The summed E-state index contributed by atoms with van der Waals surface area (Å²) in [4.78, 5) is 4.00. The Hall–Kier alpha value is -1.28. The molecule has 0 radical (unpaired) electrons. The minimum atomic E-state index is 0.669. The summed E-state index contributed by atoms with van der Waals surface area (Å²) < 4.78 is 5.10. The predicted molar refractivity (Wildman–Crippen MR) is 53.3 cm³/mol. The van der Waals surface area contributed by atoms with Crippen LogP contribution in [-0.4, -0.2) is 12.1 Å². The summed E-state index contributed by atoms with van der Waals surface area (Å²) in [5, 5.41) is 2.66. The van der Waals surface area contributed by atoms with Crippen molar-refractivity contribution in [1.82, 2.24) is 4.98 Å². The van der Waals surface area contributed by atoms with Gasteiger partial charge in [-0.25, -0.2) is 0 Å². The van der Waals surface area contributed by atoms with Gasteiger partial charge in [-0.05, 0) is 23.6 Å². The van der Waals surface area contributed by atoms with Gasteiger partial charge in [0, 0.05) is 17.8 Å². The maximum atomic E-state index is 6.02. The molecule has 2 rings (SSSR count). The molecule has 0 aliphatic carbocycles. The molecule has 1 aromatic heterocycles. The largest absolute Gasteiger partial charge is 0.497 e. The van der Waals surface area contributed by atoms with Crippen LogP contribution in [-0.2, 0) is 0 Å². The number of pyridine rings is 1. The van der Waals surface area contributed by atoms with Crippen LogP contribution in [0.3, 0.4) is 0 Å². The number of halogens is 1. The van der Waals surface area contributed by atoms with Crippen molar-refractivity contribution in [3.8, 4) is 5.75 Å². The molecule has 2 nitrogen and oxygen atoms in total. The van der Waals surface area contributed by atoms with Crippen molar-refractivity contribution in [3.05, 3.63) is 35.6 Å². The van der Waals surface area contributed by atoms with Gasteiger partial charge in [-0.1, -0.05) is 11.6 Å². The number of hydrogen-bond donors (Lipinski definition) is 0. The minimum Gasteiger partial charge on any atom is -0.497 e. The van der Waals surface area contributed by atoms with Gasteiger partial charge < -0.3 is 4.74 Å². The van der Waals surface area contributed by atoms with Gasteiger partial charge in [0.15, 0.2) is 0 Å². The van der Waals surface area contributed by atoms with Crippen LogP contribution in [0.5, 0.6) is 5.75 Å². The topological polar surface area (TPSA) is 22.1 Å². The number of rotatable bonds is 1. The second-order valence-electron chi connectivity index (χ2n) is 2.71. The molecular formula is C10H8ClNO. The van der Waals surface area contributed by atoms with Gasteiger partial charge in [0.1, 0.15) is 5.75 Å². The Morgan fingerprint density at radius 2 is 2.23 bits per heavy atom. The van der Waals surface area contributed by atoms with Crippen LogP contribution in [0.15, 0.2) is 30.6 Å². The first-order chi connectivity index (χ1) is 6.31. The van der Waals surface area contributed by atoms with Crippen molar-refractivity contribution in [2.24, 2.45) is 0 Å². The summed E-state index contributed by atoms with van der Waals surface area (Å²) in [5.41, 5.74) is 0. The fourth-order valence-electron chi connectivity index (χ4n) is 1.25. The van der Waals surface area contributed by atoms with Gasteiger partial charge in [-0.2, -0.15) is 0 Å². The first kappa shape index (κ1) is 8.32. The fourth-order valence-corrected chi connectivity index (χ4v) is 1.51. The van der Waals surface area contributed by atoms with E-state index >= 15 is 0 Å². The number of fused-ring (bicyclic) bond motifs is 1. The van der Waals surface area contributed by atoms with E-state index in [0.29, 0.717) is 5.02 Å². The van der Waals surface area contributed by atoms with E-state index in [2.05, 4.69) is 4.98 Å². The van der Waals surface area contributed by atoms with Gasteiger partial charge in [0.2, 0.25) is 0 Å². The summed E-state index contributed by atoms with van der Waals surface area (Å²) in [6.45, 7) is 0. The SMILES string of the molecule is COc1cc(Cl)c2cnccc2c1. The van der Waals surface area contributed by atoms with Crippen LogP contribution in [0, 0.1) is 0 Å². The van der Waals surface area contributed by atoms with Crippen LogP contribution >= 0.6 is 11.6 Å². The van der Waals surface area contributed by atoms with Crippen LogP contribution in [0.1, 0.15) is 0 Å². The molecule has 1 heterocycles. The van der Waals surface area contributed by atoms with Crippen molar-refractivity contribution < 1.29 is 4.74 Å². The molecule has 0 aliphatic heterocycles. The number of aromatic nitrogens is 1. The zero-order valence-electron chi connectivity index (χ0n) is 7.12. The van der Waals surface area contributed by atoms with E-state index in [9.17, 15) is 0 Å². The summed E-state index contributed by atoms with van der Waals surface area (Å²) in [6, 6.07) is 5.62. The molecule has 1 aromatic carbocycles. The Balaban J connectivity index is 2.77. The zero-order chi connectivity index (χ0) is 9.26. The number of methoxy groups -OCH3 is 1. The predicted octanol–water partition coefficient (Wildman–Crippen LogP) is 2.90. The van der Waals surface area contributed by atoms with E-state index in [0.717, 1.165) is 16.5 Å². The number of benzene rings is 1. The molecule has 0 spiro atoms. The minimum absolute atomic E-state index is 0.669. The maximum Gasteiger partial charge on any atom is 0.120 e. The average Bonchev–Trinajstić information content (AvgIpc) is 2.18. The Labute approximate surface area is 81.1 Å². The van der Waals surface area contributed by atoms with Crippen LogP contribution in [0.2, 0.25) is 5.02 Å². The van der Waals surface area contributed by atoms with E-state index < -0.39 is 0 Å². The highest BCUT2D eigenvalue weighted by Gasteiger charge is 2.01. The highest BCUT2D eigenvalue weighted by molar-refractivity contribution is 6.35. The molecule has 0 saturated heterocycles. The molecule has 0 bridgehead atoms. The zero-order valence-corrected chi connectivity index (χ0v) is 7.88. The second-order valence-corrected chi connectivity index (χ2v) is 3.11. The third-order valence-corrected chi connectivity index (χ3v) is 2.23. The molecule has 66 valence electrons. The van der Waals surface area contributed by atoms with Crippen LogP contribution in [0.25, 0.3) is 10.8 Å². The second kappa shape index (κ2) is 3.23. The van der Waals surface area contributed by atoms with Crippen molar-refractivity contribution >= 4 is 22.4 Å². The lowest BCUT2D eigenvalue weighted by molar-refractivity contribution is 0.415. The van der Waals surface area contributed by atoms with Gasteiger partial charge in [0.05, 0.1) is 12.1 Å². The van der Waals surface area contributed by atoms with E-state index in [4.69, 9.17) is 16.3 Å². The van der Waals surface area contributed by atoms with E-state index in [1.54, 1.807) is 25.6 Å². The van der Waals surface area contributed by atoms with Crippen molar-refractivity contribution in [2.45, 2.75) is 0 Å². The first-order valence-electron chi connectivity index (χ1n) is 3.88. The quantitative estimate of drug-likeness (QED) is 0.695. The monoisotopic (exact) mass is 193 g/mol. The fraction of sp³-hybridized carbons (Fsp3) is 0.100. The smallest absolute Gasteiger partial charge is 0.120 e. The molecule has 13 heavy (non-hydrogen) atoms.